The summed E-state index contributed by atoms with van der Waals surface area (Å²) in [5.41, 5.74) is 1.60. The van der Waals surface area contributed by atoms with Crippen molar-refractivity contribution in [3.05, 3.63) is 39.6 Å². The van der Waals surface area contributed by atoms with Gasteiger partial charge in [0.25, 0.3) is 0 Å². The molecule has 0 aliphatic heterocycles. The van der Waals surface area contributed by atoms with Gasteiger partial charge in [0, 0.05) is 20.7 Å². The maximum absolute atomic E-state index is 11.8. The van der Waals surface area contributed by atoms with Gasteiger partial charge >= 0.3 is 0 Å². The molecule has 0 unspecified atom stereocenters. The van der Waals surface area contributed by atoms with Gasteiger partial charge in [-0.15, -0.1) is 0 Å². The molecule has 0 aliphatic rings. The first-order valence-corrected chi connectivity index (χ1v) is 7.69. The second-order valence-electron chi connectivity index (χ2n) is 5.74. The van der Waals surface area contributed by atoms with Crippen molar-refractivity contribution in [2.24, 2.45) is 0 Å². The average Bonchev–Trinajstić information content (AvgIpc) is 2.86. The summed E-state index contributed by atoms with van der Waals surface area (Å²) < 4.78 is 6.27. The number of hydrogen-bond donors (Lipinski definition) is 2. The number of benzene rings is 1. The summed E-state index contributed by atoms with van der Waals surface area (Å²) in [5, 5.41) is 9.69. The maximum atomic E-state index is 11.8. The minimum atomic E-state index is -0.176. The van der Waals surface area contributed by atoms with Gasteiger partial charge in [-0.1, -0.05) is 25.9 Å². The van der Waals surface area contributed by atoms with E-state index in [2.05, 4.69) is 38.4 Å². The Morgan fingerprint density at radius 3 is 2.52 bits per heavy atom. The Balaban J connectivity index is 1.87. The smallest absolute Gasteiger partial charge is 0.246 e. The molecule has 6 heteroatoms. The van der Waals surface area contributed by atoms with Crippen LogP contribution in [0.5, 0.6) is 0 Å². The molecule has 2 aromatic rings. The fourth-order valence-electron chi connectivity index (χ4n) is 1.62. The summed E-state index contributed by atoms with van der Waals surface area (Å²) in [5.74, 6) is 0.194. The topological polar surface area (TPSA) is 67.2 Å². The van der Waals surface area contributed by atoms with Crippen LogP contribution >= 0.6 is 22.6 Å². The van der Waals surface area contributed by atoms with Crippen LogP contribution in [0, 0.1) is 3.57 Å². The van der Waals surface area contributed by atoms with E-state index in [-0.39, 0.29) is 17.9 Å². The van der Waals surface area contributed by atoms with Gasteiger partial charge in [-0.05, 0) is 46.9 Å². The average molecular weight is 399 g/mol. The van der Waals surface area contributed by atoms with Crippen molar-refractivity contribution < 1.29 is 9.32 Å². The van der Waals surface area contributed by atoms with E-state index in [9.17, 15) is 4.79 Å². The highest BCUT2D eigenvalue weighted by atomic mass is 127. The standard InChI is InChI=1S/C15H18IN3O2/c1-15(2,3)12-8-14(21-19-12)18-13(20)9-17-11-6-4-10(16)5-7-11/h4-8,17H,9H2,1-3H3,(H,18,20). The SMILES string of the molecule is CC(C)(C)c1cc(NC(=O)CNc2ccc(I)cc2)on1. The van der Waals surface area contributed by atoms with E-state index in [1.165, 1.54) is 0 Å². The van der Waals surface area contributed by atoms with Gasteiger partial charge in [-0.3, -0.25) is 10.1 Å². The van der Waals surface area contributed by atoms with Crippen molar-refractivity contribution in [2.45, 2.75) is 26.2 Å². The summed E-state index contributed by atoms with van der Waals surface area (Å²) in [6.45, 7) is 6.28. The molecule has 0 bridgehead atoms. The van der Waals surface area contributed by atoms with E-state index in [1.807, 2.05) is 45.0 Å². The fourth-order valence-corrected chi connectivity index (χ4v) is 1.98. The van der Waals surface area contributed by atoms with E-state index in [0.29, 0.717) is 5.88 Å². The van der Waals surface area contributed by atoms with E-state index in [1.54, 1.807) is 6.07 Å². The number of carbonyl (C=O) groups is 1. The third kappa shape index (κ3) is 4.73. The zero-order chi connectivity index (χ0) is 15.5. The number of hydrogen-bond acceptors (Lipinski definition) is 4. The molecular weight excluding hydrogens is 381 g/mol. The normalized spacial score (nSPS) is 11.2. The zero-order valence-corrected chi connectivity index (χ0v) is 14.4. The van der Waals surface area contributed by atoms with Crippen LogP contribution in [0.1, 0.15) is 26.5 Å². The molecule has 1 heterocycles. The number of halogens is 1. The number of anilines is 2. The van der Waals surface area contributed by atoms with Gasteiger partial charge in [0.15, 0.2) is 0 Å². The second kappa shape index (κ2) is 6.46. The molecule has 0 fully saturated rings. The molecule has 1 aromatic carbocycles. The maximum Gasteiger partial charge on any atom is 0.246 e. The van der Waals surface area contributed by atoms with Crippen molar-refractivity contribution in [3.8, 4) is 0 Å². The summed E-state index contributed by atoms with van der Waals surface area (Å²) in [6.07, 6.45) is 0. The lowest BCUT2D eigenvalue weighted by Crippen LogP contribution is -2.21. The van der Waals surface area contributed by atoms with Crippen LogP contribution in [0.2, 0.25) is 0 Å². The third-order valence-corrected chi connectivity index (χ3v) is 3.56. The molecule has 2 rings (SSSR count). The lowest BCUT2D eigenvalue weighted by atomic mass is 9.92. The Bertz CT molecular complexity index is 615. The molecule has 1 amide bonds. The lowest BCUT2D eigenvalue weighted by Gasteiger charge is -2.12. The first kappa shape index (κ1) is 15.8. The lowest BCUT2D eigenvalue weighted by molar-refractivity contribution is -0.114. The van der Waals surface area contributed by atoms with Crippen LogP contribution in [-0.4, -0.2) is 17.6 Å². The van der Waals surface area contributed by atoms with Crippen LogP contribution in [-0.2, 0) is 10.2 Å². The highest BCUT2D eigenvalue weighted by molar-refractivity contribution is 14.1. The molecule has 1 aromatic heterocycles. The first-order chi connectivity index (χ1) is 9.84. The summed E-state index contributed by atoms with van der Waals surface area (Å²) in [7, 11) is 0. The van der Waals surface area contributed by atoms with Crippen molar-refractivity contribution in [1.82, 2.24) is 5.16 Å². The van der Waals surface area contributed by atoms with Crippen LogP contribution in [0.3, 0.4) is 0 Å². The van der Waals surface area contributed by atoms with E-state index in [0.717, 1.165) is 15.0 Å². The van der Waals surface area contributed by atoms with Crippen molar-refractivity contribution in [3.63, 3.8) is 0 Å². The van der Waals surface area contributed by atoms with Gasteiger partial charge < -0.3 is 9.84 Å². The summed E-state index contributed by atoms with van der Waals surface area (Å²) >= 11 is 2.24. The molecule has 0 spiro atoms. The summed E-state index contributed by atoms with van der Waals surface area (Å²) in [4.78, 5) is 11.8. The van der Waals surface area contributed by atoms with E-state index >= 15 is 0 Å². The quantitative estimate of drug-likeness (QED) is 0.771. The molecule has 112 valence electrons. The van der Waals surface area contributed by atoms with Gasteiger partial charge in [-0.25, -0.2) is 0 Å². The largest absolute Gasteiger partial charge is 0.376 e. The van der Waals surface area contributed by atoms with Crippen LogP contribution in [0.25, 0.3) is 0 Å². The Morgan fingerprint density at radius 1 is 1.29 bits per heavy atom. The predicted molar refractivity (Wildman–Crippen MR) is 91.5 cm³/mol. The van der Waals surface area contributed by atoms with Gasteiger partial charge in [0.1, 0.15) is 0 Å². The van der Waals surface area contributed by atoms with Crippen molar-refractivity contribution >= 4 is 40.1 Å². The van der Waals surface area contributed by atoms with Crippen LogP contribution < -0.4 is 10.6 Å². The number of carbonyl (C=O) groups excluding carboxylic acids is 1. The van der Waals surface area contributed by atoms with Gasteiger partial charge in [0.05, 0.1) is 12.2 Å². The number of nitrogens with one attached hydrogen (secondary N) is 2. The highest BCUT2D eigenvalue weighted by Crippen LogP contribution is 2.23. The Labute approximate surface area is 137 Å². The number of rotatable bonds is 4. The van der Waals surface area contributed by atoms with E-state index in [4.69, 9.17) is 4.52 Å². The molecule has 0 atom stereocenters. The predicted octanol–water partition coefficient (Wildman–Crippen LogP) is 3.63. The first-order valence-electron chi connectivity index (χ1n) is 6.61. The fraction of sp³-hybridized carbons (Fsp3) is 0.333. The van der Waals surface area contributed by atoms with E-state index < -0.39 is 0 Å². The van der Waals surface area contributed by atoms with Crippen LogP contribution in [0.4, 0.5) is 11.6 Å². The molecule has 0 aliphatic carbocycles. The molecule has 2 N–H and O–H groups in total. The Kier molecular flexibility index (Phi) is 4.87. The number of nitrogens with zero attached hydrogens (tertiary/aromatic N) is 1. The molecule has 21 heavy (non-hydrogen) atoms. The minimum absolute atomic E-state index is 0.105. The Morgan fingerprint density at radius 2 is 1.95 bits per heavy atom. The van der Waals surface area contributed by atoms with Gasteiger partial charge in [0.2, 0.25) is 11.8 Å². The zero-order valence-electron chi connectivity index (χ0n) is 12.2. The highest BCUT2D eigenvalue weighted by Gasteiger charge is 2.19. The van der Waals surface area contributed by atoms with Crippen molar-refractivity contribution in [2.75, 3.05) is 17.2 Å². The molecule has 0 saturated carbocycles. The monoisotopic (exact) mass is 399 g/mol. The third-order valence-electron chi connectivity index (χ3n) is 2.84. The van der Waals surface area contributed by atoms with Gasteiger partial charge in [-0.2, -0.15) is 0 Å². The molecule has 5 nitrogen and oxygen atoms in total. The van der Waals surface area contributed by atoms with Crippen molar-refractivity contribution in [1.29, 1.82) is 0 Å². The second-order valence-corrected chi connectivity index (χ2v) is 6.98. The van der Waals surface area contributed by atoms with Crippen LogP contribution in [0.15, 0.2) is 34.9 Å². The minimum Gasteiger partial charge on any atom is -0.376 e. The Hall–Kier alpha value is -1.57. The number of amides is 1. The number of aromatic nitrogens is 1. The molecular formula is C15H18IN3O2. The molecule has 0 saturated heterocycles. The molecule has 0 radical (unpaired) electrons. The summed E-state index contributed by atoms with van der Waals surface area (Å²) in [6, 6.07) is 9.57.